The number of tetrazole rings is 1. The van der Waals surface area contributed by atoms with Crippen molar-refractivity contribution in [3.8, 4) is 11.4 Å². The van der Waals surface area contributed by atoms with E-state index in [0.717, 1.165) is 24.3 Å². The second kappa shape index (κ2) is 5.40. The summed E-state index contributed by atoms with van der Waals surface area (Å²) in [7, 11) is 0. The number of hydrogen-bond acceptors (Lipinski definition) is 4. The number of anilines is 1. The molecule has 6 heteroatoms. The Balaban J connectivity index is 1.96. The Bertz CT molecular complexity index is 601. The molecule has 1 heterocycles. The molecule has 2 N–H and O–H groups in total. The quantitative estimate of drug-likeness (QED) is 0.862. The van der Waals surface area contributed by atoms with Crippen LogP contribution in [0.15, 0.2) is 18.2 Å². The zero-order valence-corrected chi connectivity index (χ0v) is 12.2. The van der Waals surface area contributed by atoms with Crippen LogP contribution in [0, 0.1) is 5.92 Å². The highest BCUT2D eigenvalue weighted by molar-refractivity contribution is 6.33. The number of nitrogen functional groups attached to an aromatic ring is 1. The van der Waals surface area contributed by atoms with Crippen LogP contribution in [0.5, 0.6) is 0 Å². The van der Waals surface area contributed by atoms with Gasteiger partial charge in [0.2, 0.25) is 0 Å². The maximum absolute atomic E-state index is 6.26. The average molecular weight is 292 g/mol. The molecule has 0 spiro atoms. The van der Waals surface area contributed by atoms with Crippen molar-refractivity contribution in [1.29, 1.82) is 0 Å². The zero-order chi connectivity index (χ0) is 14.1. The number of halogens is 1. The lowest BCUT2D eigenvalue weighted by atomic mass is 9.87. The summed E-state index contributed by atoms with van der Waals surface area (Å²) in [5.74, 6) is 1.50. The van der Waals surface area contributed by atoms with E-state index < -0.39 is 0 Å². The topological polar surface area (TPSA) is 69.6 Å². The SMILES string of the molecule is CC1CCC(n2nnnc2-c2cc(N)ccc2Cl)CC1. The molecule has 20 heavy (non-hydrogen) atoms. The molecule has 106 valence electrons. The molecule has 0 bridgehead atoms. The Kier molecular flexibility index (Phi) is 3.61. The van der Waals surface area contributed by atoms with Gasteiger partial charge in [0.15, 0.2) is 5.82 Å². The Morgan fingerprint density at radius 1 is 1.25 bits per heavy atom. The van der Waals surface area contributed by atoms with E-state index in [1.54, 1.807) is 12.1 Å². The molecule has 1 aliphatic rings. The first-order valence-electron chi connectivity index (χ1n) is 6.98. The van der Waals surface area contributed by atoms with Gasteiger partial charge in [0.05, 0.1) is 11.1 Å². The molecule has 2 aromatic rings. The van der Waals surface area contributed by atoms with E-state index in [9.17, 15) is 0 Å². The standard InChI is InChI=1S/C14H18ClN5/c1-9-2-5-11(6-3-9)20-14(17-18-19-20)12-8-10(16)4-7-13(12)15/h4,7-9,11H,2-3,5-6,16H2,1H3. The van der Waals surface area contributed by atoms with Crippen LogP contribution in [0.1, 0.15) is 38.6 Å². The van der Waals surface area contributed by atoms with Crippen LogP contribution in [0.3, 0.4) is 0 Å². The summed E-state index contributed by atoms with van der Waals surface area (Å²) in [6, 6.07) is 5.75. The molecule has 1 saturated carbocycles. The van der Waals surface area contributed by atoms with Gasteiger partial charge in [-0.25, -0.2) is 4.68 Å². The van der Waals surface area contributed by atoms with Gasteiger partial charge in [0.1, 0.15) is 0 Å². The normalized spacial score (nSPS) is 22.9. The predicted molar refractivity (Wildman–Crippen MR) is 79.3 cm³/mol. The Morgan fingerprint density at radius 2 is 2.00 bits per heavy atom. The molecule has 0 amide bonds. The average Bonchev–Trinajstić information content (AvgIpc) is 2.91. The Labute approximate surface area is 123 Å². The van der Waals surface area contributed by atoms with E-state index in [2.05, 4.69) is 22.4 Å². The number of nitrogens with zero attached hydrogens (tertiary/aromatic N) is 4. The van der Waals surface area contributed by atoms with Gasteiger partial charge in [0, 0.05) is 11.3 Å². The molecule has 0 radical (unpaired) electrons. The Hall–Kier alpha value is -1.62. The van der Waals surface area contributed by atoms with Gasteiger partial charge in [0.25, 0.3) is 0 Å². The molecule has 3 rings (SSSR count). The maximum Gasteiger partial charge on any atom is 0.183 e. The van der Waals surface area contributed by atoms with Crippen LogP contribution >= 0.6 is 11.6 Å². The molecule has 1 aromatic heterocycles. The summed E-state index contributed by atoms with van der Waals surface area (Å²) in [4.78, 5) is 0. The minimum Gasteiger partial charge on any atom is -0.399 e. The highest BCUT2D eigenvalue weighted by Gasteiger charge is 2.24. The van der Waals surface area contributed by atoms with E-state index in [-0.39, 0.29) is 0 Å². The third-order valence-electron chi connectivity index (χ3n) is 4.06. The van der Waals surface area contributed by atoms with Crippen molar-refractivity contribution in [3.05, 3.63) is 23.2 Å². The lowest BCUT2D eigenvalue weighted by Gasteiger charge is -2.26. The second-order valence-electron chi connectivity index (χ2n) is 5.60. The largest absolute Gasteiger partial charge is 0.399 e. The fraction of sp³-hybridized carbons (Fsp3) is 0.500. The van der Waals surface area contributed by atoms with Crippen molar-refractivity contribution >= 4 is 17.3 Å². The molecule has 0 saturated heterocycles. The van der Waals surface area contributed by atoms with Gasteiger partial charge < -0.3 is 5.73 Å². The summed E-state index contributed by atoms with van der Waals surface area (Å²) in [5.41, 5.74) is 7.31. The van der Waals surface area contributed by atoms with Gasteiger partial charge >= 0.3 is 0 Å². The van der Waals surface area contributed by atoms with E-state index in [1.165, 1.54) is 12.8 Å². The van der Waals surface area contributed by atoms with E-state index in [0.29, 0.717) is 22.6 Å². The number of aromatic nitrogens is 4. The molecule has 0 atom stereocenters. The molecule has 0 unspecified atom stereocenters. The maximum atomic E-state index is 6.26. The van der Waals surface area contributed by atoms with Gasteiger partial charge in [-0.2, -0.15) is 0 Å². The van der Waals surface area contributed by atoms with Crippen molar-refractivity contribution in [2.24, 2.45) is 5.92 Å². The minimum atomic E-state index is 0.355. The van der Waals surface area contributed by atoms with Crippen LogP contribution in [-0.2, 0) is 0 Å². The van der Waals surface area contributed by atoms with Crippen LogP contribution in [0.2, 0.25) is 5.02 Å². The molecule has 1 fully saturated rings. The lowest BCUT2D eigenvalue weighted by Crippen LogP contribution is -2.18. The van der Waals surface area contributed by atoms with Gasteiger partial charge in [-0.3, -0.25) is 0 Å². The highest BCUT2D eigenvalue weighted by atomic mass is 35.5. The van der Waals surface area contributed by atoms with Gasteiger partial charge in [-0.1, -0.05) is 18.5 Å². The minimum absolute atomic E-state index is 0.355. The van der Waals surface area contributed by atoms with Gasteiger partial charge in [-0.05, 0) is 60.2 Å². The van der Waals surface area contributed by atoms with E-state index in [1.807, 2.05) is 10.7 Å². The van der Waals surface area contributed by atoms with Crippen molar-refractivity contribution in [2.75, 3.05) is 5.73 Å². The first-order chi connectivity index (χ1) is 9.65. The summed E-state index contributed by atoms with van der Waals surface area (Å²) in [5, 5.41) is 12.8. The van der Waals surface area contributed by atoms with Crippen molar-refractivity contribution in [2.45, 2.75) is 38.6 Å². The third-order valence-corrected chi connectivity index (χ3v) is 4.38. The van der Waals surface area contributed by atoms with E-state index in [4.69, 9.17) is 17.3 Å². The monoisotopic (exact) mass is 291 g/mol. The first kappa shape index (κ1) is 13.4. The van der Waals surface area contributed by atoms with Crippen molar-refractivity contribution in [3.63, 3.8) is 0 Å². The third kappa shape index (κ3) is 2.50. The molecule has 5 nitrogen and oxygen atoms in total. The zero-order valence-electron chi connectivity index (χ0n) is 11.5. The molecular weight excluding hydrogens is 274 g/mol. The smallest absolute Gasteiger partial charge is 0.183 e. The van der Waals surface area contributed by atoms with Crippen LogP contribution < -0.4 is 5.73 Å². The molecule has 1 aromatic carbocycles. The number of hydrogen-bond donors (Lipinski definition) is 1. The summed E-state index contributed by atoms with van der Waals surface area (Å²) in [6.07, 6.45) is 4.65. The molecular formula is C14H18ClN5. The van der Waals surface area contributed by atoms with Crippen molar-refractivity contribution < 1.29 is 0 Å². The summed E-state index contributed by atoms with van der Waals surface area (Å²) in [6.45, 7) is 2.30. The number of rotatable bonds is 2. The fourth-order valence-electron chi connectivity index (χ4n) is 2.82. The number of nitrogens with two attached hydrogens (primary N) is 1. The van der Waals surface area contributed by atoms with Crippen LogP contribution in [-0.4, -0.2) is 20.2 Å². The predicted octanol–water partition coefficient (Wildman–Crippen LogP) is 3.33. The Morgan fingerprint density at radius 3 is 2.75 bits per heavy atom. The van der Waals surface area contributed by atoms with E-state index >= 15 is 0 Å². The van der Waals surface area contributed by atoms with Crippen LogP contribution in [0.25, 0.3) is 11.4 Å². The second-order valence-corrected chi connectivity index (χ2v) is 6.01. The molecule has 1 aliphatic carbocycles. The molecule has 0 aliphatic heterocycles. The summed E-state index contributed by atoms with van der Waals surface area (Å²) < 4.78 is 1.91. The first-order valence-corrected chi connectivity index (χ1v) is 7.36. The summed E-state index contributed by atoms with van der Waals surface area (Å²) >= 11 is 6.26. The van der Waals surface area contributed by atoms with Crippen LogP contribution in [0.4, 0.5) is 5.69 Å². The van der Waals surface area contributed by atoms with Crippen molar-refractivity contribution in [1.82, 2.24) is 20.2 Å². The van der Waals surface area contributed by atoms with Gasteiger partial charge in [-0.15, -0.1) is 5.10 Å². The lowest BCUT2D eigenvalue weighted by molar-refractivity contribution is 0.272. The highest BCUT2D eigenvalue weighted by Crippen LogP contribution is 2.35. The fourth-order valence-corrected chi connectivity index (χ4v) is 3.02. The number of benzene rings is 1.